The van der Waals surface area contributed by atoms with E-state index in [9.17, 15) is 9.59 Å². The van der Waals surface area contributed by atoms with E-state index in [0.29, 0.717) is 4.34 Å². The predicted molar refractivity (Wildman–Crippen MR) is 75.6 cm³/mol. The maximum atomic E-state index is 10.5. The maximum absolute atomic E-state index is 10.5. The van der Waals surface area contributed by atoms with Crippen molar-refractivity contribution in [3.05, 3.63) is 42.6 Å². The third-order valence-electron chi connectivity index (χ3n) is 1.51. The van der Waals surface area contributed by atoms with Crippen molar-refractivity contribution in [1.29, 1.82) is 0 Å². The third-order valence-corrected chi connectivity index (χ3v) is 3.33. The molecule has 114 valence electrons. The van der Waals surface area contributed by atoms with Gasteiger partial charge in [-0.05, 0) is 11.5 Å². The molecular formula is C8H9Ca2Cl5N2O2S2. The van der Waals surface area contributed by atoms with Gasteiger partial charge in [0.2, 0.25) is 0 Å². The number of rotatable bonds is 0. The molecule has 0 fully saturated rings. The summed E-state index contributed by atoms with van der Waals surface area (Å²) in [5.74, 6) is 0. The van der Waals surface area contributed by atoms with Crippen molar-refractivity contribution < 1.29 is 49.6 Å². The molecular weight excluding hydrogens is 478 g/mol. The Bertz CT molecular complexity index is 557. The molecule has 2 rings (SSSR count). The molecule has 0 radical (unpaired) electrons. The van der Waals surface area contributed by atoms with Gasteiger partial charge in [0.15, 0.2) is 0 Å². The molecule has 0 N–H and O–H groups in total. The molecule has 2 aromatic heterocycles. The van der Waals surface area contributed by atoms with Crippen LogP contribution < -0.4 is 60.7 Å². The number of aromatic nitrogens is 2. The largest absolute Gasteiger partial charge is 2.00 e. The molecule has 0 unspecified atom stereocenters. The molecule has 0 saturated carbocycles. The second kappa shape index (κ2) is 20.9. The first-order chi connectivity index (χ1) is 7.00. The summed E-state index contributed by atoms with van der Waals surface area (Å²) in [4.78, 5) is 20.9. The van der Waals surface area contributed by atoms with Gasteiger partial charge in [0, 0.05) is 31.6 Å². The van der Waals surface area contributed by atoms with Gasteiger partial charge < -0.3 is 49.6 Å². The molecule has 0 bridgehead atoms. The molecule has 13 heteroatoms. The smallest absolute Gasteiger partial charge is 1.00 e. The Hall–Kier alpha value is 2.83. The molecule has 2 aromatic rings. The van der Waals surface area contributed by atoms with Crippen LogP contribution in [0.25, 0.3) is 0 Å². The summed E-state index contributed by atoms with van der Waals surface area (Å²) in [5.41, 5.74) is 0.0324. The molecule has 4 nitrogen and oxygen atoms in total. The molecule has 0 saturated heterocycles. The fourth-order valence-electron chi connectivity index (χ4n) is 0.727. The van der Waals surface area contributed by atoms with E-state index in [4.69, 9.17) is 11.6 Å². The van der Waals surface area contributed by atoms with Crippen LogP contribution in [-0.4, -0.2) is 83.4 Å². The van der Waals surface area contributed by atoms with Crippen LogP contribution in [0.3, 0.4) is 0 Å². The van der Waals surface area contributed by atoms with Crippen molar-refractivity contribution in [2.24, 2.45) is 14.1 Å². The second-order valence-electron chi connectivity index (χ2n) is 2.62. The zero-order valence-electron chi connectivity index (χ0n) is 11.1. The van der Waals surface area contributed by atoms with Gasteiger partial charge in [-0.25, -0.2) is 0 Å². The van der Waals surface area contributed by atoms with E-state index >= 15 is 0 Å². The molecule has 21 heavy (non-hydrogen) atoms. The van der Waals surface area contributed by atoms with Crippen LogP contribution >= 0.6 is 34.7 Å². The van der Waals surface area contributed by atoms with E-state index < -0.39 is 0 Å². The summed E-state index contributed by atoms with van der Waals surface area (Å²) < 4.78 is 3.58. The minimum absolute atomic E-state index is 0. The first-order valence-electron chi connectivity index (χ1n) is 3.94. The fraction of sp³-hybridized carbons (Fsp3) is 0.250. The van der Waals surface area contributed by atoms with E-state index in [1.807, 2.05) is 0 Å². The average Bonchev–Trinajstić information content (AvgIpc) is 2.63. The maximum Gasteiger partial charge on any atom is 2.00 e. The topological polar surface area (TPSA) is 44.0 Å². The number of hydrogen-bond acceptors (Lipinski definition) is 4. The van der Waals surface area contributed by atoms with E-state index in [0.717, 1.165) is 0 Å². The van der Waals surface area contributed by atoms with Crippen LogP contribution in [0.4, 0.5) is 0 Å². The molecule has 0 spiro atoms. The zero-order valence-corrected chi connectivity index (χ0v) is 20.9. The molecule has 0 amide bonds. The van der Waals surface area contributed by atoms with Crippen LogP contribution in [0.1, 0.15) is 0 Å². The van der Waals surface area contributed by atoms with Gasteiger partial charge in [0.05, 0.1) is 0 Å². The van der Waals surface area contributed by atoms with E-state index in [1.54, 1.807) is 29.5 Å². The zero-order chi connectivity index (χ0) is 11.4. The summed E-state index contributed by atoms with van der Waals surface area (Å²) in [6.07, 6.45) is 0. The van der Waals surface area contributed by atoms with Crippen LogP contribution in [0, 0.1) is 0 Å². The van der Waals surface area contributed by atoms with Crippen LogP contribution in [-0.2, 0) is 14.1 Å². The first kappa shape index (κ1) is 39.1. The Kier molecular flexibility index (Phi) is 38.8. The minimum atomic E-state index is -0.0417. The standard InChI is InChI=1S/C4H4ClNOS.C4H5NOS.2Ca.4ClH/c1-6-4(7)2-3(5)8-6;1-5-4(6)2-3-7-5;;;;;;/h2H,1H3;2-3H,1H3;;;4*1H/q;;2*+2;;;;/p-4. The number of halogens is 5. The summed E-state index contributed by atoms with van der Waals surface area (Å²) in [7, 11) is 3.42. The Morgan fingerprint density at radius 2 is 1.43 bits per heavy atom. The normalized spacial score (nSPS) is 6.81. The average molecular weight is 487 g/mol. The van der Waals surface area contributed by atoms with Crippen molar-refractivity contribution in [3.63, 3.8) is 0 Å². The van der Waals surface area contributed by atoms with Gasteiger partial charge in [0.1, 0.15) is 4.34 Å². The SMILES string of the molecule is Cn1sc(Cl)cc1=O.Cn1sccc1=O.[Ca+2].[Ca+2].[Cl-].[Cl-].[Cl-].[Cl-]. The number of aryl methyl sites for hydroxylation is 2. The van der Waals surface area contributed by atoms with E-state index in [-0.39, 0.29) is 136 Å². The Labute approximate surface area is 220 Å². The number of hydrogen-bond donors (Lipinski definition) is 0. The second-order valence-corrected chi connectivity index (χ2v) is 5.45. The van der Waals surface area contributed by atoms with Crippen LogP contribution in [0.15, 0.2) is 27.1 Å². The van der Waals surface area contributed by atoms with Crippen molar-refractivity contribution in [2.75, 3.05) is 0 Å². The molecule has 0 aromatic carbocycles. The Balaban J connectivity index is -0.0000000418. The quantitative estimate of drug-likeness (QED) is 0.347. The van der Waals surface area contributed by atoms with Gasteiger partial charge in [-0.2, -0.15) is 0 Å². The predicted octanol–water partition coefficient (Wildman–Crippen LogP) is -11.2. The van der Waals surface area contributed by atoms with E-state index in [2.05, 4.69) is 0 Å². The summed E-state index contributed by atoms with van der Waals surface area (Å²) in [5, 5.41) is 1.77. The monoisotopic (exact) mass is 484 g/mol. The molecule has 2 heterocycles. The van der Waals surface area contributed by atoms with Gasteiger partial charge in [-0.3, -0.25) is 17.5 Å². The summed E-state index contributed by atoms with van der Waals surface area (Å²) in [6, 6.07) is 2.94. The van der Waals surface area contributed by atoms with Gasteiger partial charge in [-0.1, -0.05) is 23.1 Å². The summed E-state index contributed by atoms with van der Waals surface area (Å²) >= 11 is 8.11. The third kappa shape index (κ3) is 16.1. The molecule has 0 aliphatic heterocycles. The van der Waals surface area contributed by atoms with Gasteiger partial charge in [-0.15, -0.1) is 0 Å². The summed E-state index contributed by atoms with van der Waals surface area (Å²) in [6.45, 7) is 0. The van der Waals surface area contributed by atoms with Gasteiger partial charge in [0.25, 0.3) is 11.1 Å². The Morgan fingerprint density at radius 1 is 0.952 bits per heavy atom. The van der Waals surface area contributed by atoms with Crippen LogP contribution in [0.2, 0.25) is 4.34 Å². The molecule has 0 aliphatic rings. The molecule has 0 atom stereocenters. The molecule has 0 aliphatic carbocycles. The first-order valence-corrected chi connectivity index (χ1v) is 5.93. The van der Waals surface area contributed by atoms with Crippen molar-refractivity contribution in [1.82, 2.24) is 7.91 Å². The number of nitrogens with zero attached hydrogens (tertiary/aromatic N) is 2. The van der Waals surface area contributed by atoms with Crippen LogP contribution in [0.5, 0.6) is 0 Å². The van der Waals surface area contributed by atoms with E-state index in [1.165, 1.54) is 33.1 Å². The van der Waals surface area contributed by atoms with Crippen molar-refractivity contribution in [3.8, 4) is 0 Å². The minimum Gasteiger partial charge on any atom is -1.00 e. The fourth-order valence-corrected chi connectivity index (χ4v) is 2.21. The van der Waals surface area contributed by atoms with Crippen molar-refractivity contribution >= 4 is 110 Å². The van der Waals surface area contributed by atoms with Gasteiger partial charge >= 0.3 is 75.5 Å². The van der Waals surface area contributed by atoms with Crippen molar-refractivity contribution in [2.45, 2.75) is 0 Å². The Morgan fingerprint density at radius 3 is 1.52 bits per heavy atom.